The molecule has 5 atom stereocenters. The van der Waals surface area contributed by atoms with Crippen LogP contribution in [0.25, 0.3) is 0 Å². The predicted octanol–water partition coefficient (Wildman–Crippen LogP) is -0.378. The molecule has 1 aliphatic rings. The number of hydrogen-bond acceptors (Lipinski definition) is 6. The minimum Gasteiger partial charge on any atom is -0.388 e. The molecule has 0 bridgehead atoms. The zero-order valence-electron chi connectivity index (χ0n) is 12.7. The number of rotatable bonds is 5. The molecule has 0 aromatic carbocycles. The first-order chi connectivity index (χ1) is 9.49. The highest BCUT2D eigenvalue weighted by atomic mass is 16.7. The molecule has 0 aromatic heterocycles. The Morgan fingerprint density at radius 3 is 2.58 bits per heavy atom. The first kappa shape index (κ1) is 14.7. The van der Waals surface area contributed by atoms with Crippen LogP contribution in [0, 0.1) is 0 Å². The maximum atomic E-state index is 11.6. The summed E-state index contributed by atoms with van der Waals surface area (Å²) in [5, 5.41) is 12.7. The standard InChI is InChI=1S/C12H23NO6/c1-6-8-9(15)10(16-3)11(17-4)12(18-5,19-8)13-7(2)14/h8-11,15H,6H2,1-5H3,(H,13,14)/t8-,9-,10+,11-,12?/m1/s1/i2D. The average Bonchev–Trinajstić information content (AvgIpc) is 2.47. The number of aliphatic hydroxyl groups is 1. The molecule has 0 saturated carbocycles. The first-order valence-electron chi connectivity index (χ1n) is 6.77. The third-order valence-electron chi connectivity index (χ3n) is 3.26. The van der Waals surface area contributed by atoms with Crippen LogP contribution in [0.15, 0.2) is 0 Å². The summed E-state index contributed by atoms with van der Waals surface area (Å²) in [7, 11) is 4.19. The van der Waals surface area contributed by atoms with Gasteiger partial charge < -0.3 is 29.4 Å². The van der Waals surface area contributed by atoms with Crippen LogP contribution >= 0.6 is 0 Å². The zero-order chi connectivity index (χ0) is 15.3. The molecule has 1 aliphatic heterocycles. The molecule has 0 aliphatic carbocycles. The Kier molecular flexibility index (Phi) is 5.12. The van der Waals surface area contributed by atoms with Gasteiger partial charge >= 0.3 is 0 Å². The van der Waals surface area contributed by atoms with Gasteiger partial charge in [0.05, 0.1) is 6.10 Å². The Balaban J connectivity index is 3.12. The first-order valence-corrected chi connectivity index (χ1v) is 6.06. The van der Waals surface area contributed by atoms with Crippen LogP contribution in [0.3, 0.4) is 0 Å². The summed E-state index contributed by atoms with van der Waals surface area (Å²) >= 11 is 0. The van der Waals surface area contributed by atoms with Crippen LogP contribution in [0.2, 0.25) is 0 Å². The Morgan fingerprint density at radius 2 is 2.16 bits per heavy atom. The summed E-state index contributed by atoms with van der Waals surface area (Å²) < 4.78 is 28.7. The number of methoxy groups -OCH3 is 3. The number of amides is 1. The van der Waals surface area contributed by atoms with Crippen LogP contribution in [0.4, 0.5) is 0 Å². The lowest BCUT2D eigenvalue weighted by molar-refractivity contribution is -0.369. The van der Waals surface area contributed by atoms with Crippen molar-refractivity contribution in [3.05, 3.63) is 0 Å². The maximum Gasteiger partial charge on any atom is 0.281 e. The fourth-order valence-corrected chi connectivity index (χ4v) is 2.36. The Morgan fingerprint density at radius 1 is 1.47 bits per heavy atom. The van der Waals surface area contributed by atoms with Gasteiger partial charge in [0.2, 0.25) is 5.91 Å². The molecule has 1 rings (SSSR count). The quantitative estimate of drug-likeness (QED) is 0.667. The van der Waals surface area contributed by atoms with Crippen molar-refractivity contribution in [2.75, 3.05) is 21.3 Å². The van der Waals surface area contributed by atoms with E-state index in [1.54, 1.807) is 0 Å². The summed E-state index contributed by atoms with van der Waals surface area (Å²) in [6.45, 7) is 1.36. The molecule has 1 unspecified atom stereocenters. The average molecular weight is 278 g/mol. The third-order valence-corrected chi connectivity index (χ3v) is 3.26. The molecule has 112 valence electrons. The molecule has 7 heteroatoms. The normalized spacial score (nSPS) is 39.7. The lowest BCUT2D eigenvalue weighted by Crippen LogP contribution is -2.72. The molecule has 1 fully saturated rings. The van der Waals surface area contributed by atoms with E-state index in [1.165, 1.54) is 21.3 Å². The Bertz CT molecular complexity index is 331. The van der Waals surface area contributed by atoms with Gasteiger partial charge in [-0.3, -0.25) is 4.79 Å². The molecular formula is C12H23NO6. The minimum absolute atomic E-state index is 0.470. The van der Waals surface area contributed by atoms with Crippen molar-refractivity contribution < 1.29 is 30.2 Å². The lowest BCUT2D eigenvalue weighted by Gasteiger charge is -2.49. The third kappa shape index (κ3) is 3.06. The van der Waals surface area contributed by atoms with Crippen LogP contribution in [-0.4, -0.2) is 62.7 Å². The van der Waals surface area contributed by atoms with Crippen molar-refractivity contribution >= 4 is 5.91 Å². The van der Waals surface area contributed by atoms with Crippen LogP contribution in [-0.2, 0) is 23.7 Å². The largest absolute Gasteiger partial charge is 0.388 e. The molecule has 2 N–H and O–H groups in total. The molecule has 7 nitrogen and oxygen atoms in total. The summed E-state index contributed by atoms with van der Waals surface area (Å²) in [6, 6.07) is 0. The number of ether oxygens (including phenoxy) is 4. The van der Waals surface area contributed by atoms with E-state index in [2.05, 4.69) is 5.32 Å². The second kappa shape index (κ2) is 6.62. The van der Waals surface area contributed by atoms with Gasteiger partial charge in [-0.15, -0.1) is 0 Å². The second-order valence-corrected chi connectivity index (χ2v) is 4.33. The maximum absolute atomic E-state index is 11.6. The van der Waals surface area contributed by atoms with Crippen molar-refractivity contribution in [1.29, 1.82) is 0 Å². The number of carbonyl (C=O) groups is 1. The summed E-state index contributed by atoms with van der Waals surface area (Å²) in [4.78, 5) is 11.6. The van der Waals surface area contributed by atoms with Crippen LogP contribution in [0.5, 0.6) is 0 Å². The molecule has 1 saturated heterocycles. The van der Waals surface area contributed by atoms with Crippen molar-refractivity contribution in [2.24, 2.45) is 0 Å². The Labute approximate surface area is 114 Å². The van der Waals surface area contributed by atoms with Gasteiger partial charge in [-0.05, 0) is 6.42 Å². The Hall–Kier alpha value is -0.730. The summed E-state index contributed by atoms with van der Waals surface area (Å²) in [5.41, 5.74) is 0. The fraction of sp³-hybridized carbons (Fsp3) is 0.917. The molecule has 0 spiro atoms. The number of nitrogens with one attached hydrogen (secondary N) is 1. The van der Waals surface area contributed by atoms with Crippen molar-refractivity contribution in [2.45, 2.75) is 50.6 Å². The van der Waals surface area contributed by atoms with E-state index < -0.39 is 43.1 Å². The predicted molar refractivity (Wildman–Crippen MR) is 66.3 cm³/mol. The van der Waals surface area contributed by atoms with Crippen molar-refractivity contribution in [3.8, 4) is 0 Å². The van der Waals surface area contributed by atoms with E-state index in [0.29, 0.717) is 6.42 Å². The van der Waals surface area contributed by atoms with E-state index in [9.17, 15) is 9.90 Å². The number of carbonyl (C=O) groups excluding carboxylic acids is 1. The highest BCUT2D eigenvalue weighted by Gasteiger charge is 2.56. The van der Waals surface area contributed by atoms with Crippen LogP contribution in [0.1, 0.15) is 21.6 Å². The highest BCUT2D eigenvalue weighted by Crippen LogP contribution is 2.33. The van der Waals surface area contributed by atoms with E-state index in [4.69, 9.17) is 20.3 Å². The fourth-order valence-electron chi connectivity index (χ4n) is 2.36. The van der Waals surface area contributed by atoms with Gasteiger partial charge in [0.15, 0.2) is 6.10 Å². The highest BCUT2D eigenvalue weighted by molar-refractivity contribution is 5.73. The monoisotopic (exact) mass is 278 g/mol. The van der Waals surface area contributed by atoms with Gasteiger partial charge in [0.1, 0.15) is 12.2 Å². The smallest absolute Gasteiger partial charge is 0.281 e. The van der Waals surface area contributed by atoms with Gasteiger partial charge in [-0.2, -0.15) is 0 Å². The molecule has 19 heavy (non-hydrogen) atoms. The van der Waals surface area contributed by atoms with Gasteiger partial charge in [0, 0.05) is 29.6 Å². The summed E-state index contributed by atoms with van der Waals surface area (Å²) in [5.74, 6) is -2.16. The van der Waals surface area contributed by atoms with Crippen LogP contribution < -0.4 is 5.32 Å². The van der Waals surface area contributed by atoms with Crippen molar-refractivity contribution in [1.82, 2.24) is 5.32 Å². The van der Waals surface area contributed by atoms with Gasteiger partial charge in [-0.1, -0.05) is 6.92 Å². The molecule has 0 aromatic rings. The molecule has 0 radical (unpaired) electrons. The van der Waals surface area contributed by atoms with E-state index in [-0.39, 0.29) is 0 Å². The van der Waals surface area contributed by atoms with E-state index in [1.807, 2.05) is 6.92 Å². The molecular weight excluding hydrogens is 254 g/mol. The molecule has 1 amide bonds. The van der Waals surface area contributed by atoms with Gasteiger partial charge in [-0.25, -0.2) is 0 Å². The zero-order valence-corrected chi connectivity index (χ0v) is 11.7. The molecule has 1 heterocycles. The van der Waals surface area contributed by atoms with E-state index in [0.717, 1.165) is 0 Å². The SMILES string of the molecule is [2H]CC(=O)NC1(OC)O[C@H](CC)[C@@H](O)[C@H](OC)[C@H]1OC. The van der Waals surface area contributed by atoms with E-state index >= 15 is 0 Å². The number of hydrogen-bond donors (Lipinski definition) is 2. The second-order valence-electron chi connectivity index (χ2n) is 4.33. The topological polar surface area (TPSA) is 86.3 Å². The summed E-state index contributed by atoms with van der Waals surface area (Å²) in [6.07, 6.45) is -2.60. The number of aliphatic hydroxyl groups excluding tert-OH is 1. The van der Waals surface area contributed by atoms with Gasteiger partial charge in [0.25, 0.3) is 5.91 Å². The van der Waals surface area contributed by atoms with Crippen molar-refractivity contribution in [3.63, 3.8) is 0 Å². The lowest BCUT2D eigenvalue weighted by atomic mass is 9.94. The minimum atomic E-state index is -1.59.